The fourth-order valence-corrected chi connectivity index (χ4v) is 2.88. The summed E-state index contributed by atoms with van der Waals surface area (Å²) >= 11 is 2.10. The molecule has 0 bridgehead atoms. The third-order valence-electron chi connectivity index (χ3n) is 2.27. The summed E-state index contributed by atoms with van der Waals surface area (Å²) < 4.78 is 4.81. The summed E-state index contributed by atoms with van der Waals surface area (Å²) in [5.41, 5.74) is 0. The molecule has 21 heavy (non-hydrogen) atoms. The van der Waals surface area contributed by atoms with E-state index in [0.29, 0.717) is 23.2 Å². The molecule has 1 heterocycles. The van der Waals surface area contributed by atoms with Crippen molar-refractivity contribution in [2.24, 2.45) is 0 Å². The number of hydrogen-bond acceptors (Lipinski definition) is 8. The smallest absolute Gasteiger partial charge is 0.312 e. The highest BCUT2D eigenvalue weighted by molar-refractivity contribution is 8.14. The Bertz CT molecular complexity index is 518. The number of rotatable bonds is 7. The lowest BCUT2D eigenvalue weighted by molar-refractivity contribution is -0.142. The molecule has 0 aromatic carbocycles. The highest BCUT2D eigenvalue weighted by atomic mass is 32.2. The van der Waals surface area contributed by atoms with Gasteiger partial charge >= 0.3 is 5.97 Å². The second kappa shape index (κ2) is 8.73. The van der Waals surface area contributed by atoms with Gasteiger partial charge in [0.2, 0.25) is 11.0 Å². The van der Waals surface area contributed by atoms with Crippen molar-refractivity contribution in [2.75, 3.05) is 11.9 Å². The normalized spacial score (nSPS) is 11.8. The number of anilines is 1. The molecule has 116 valence electrons. The molecule has 0 fully saturated rings. The standard InChI is InChI=1S/C12H17N3O4S2/c1-4-8(20-7(3)16)11(18)13-12-15-14-9(21-12)6-10(17)19-5-2/h8H,4-6H2,1-3H3,(H,13,15,18). The minimum Gasteiger partial charge on any atom is -0.466 e. The molecule has 1 amide bonds. The van der Waals surface area contributed by atoms with Crippen LogP contribution in [0, 0.1) is 0 Å². The number of aromatic nitrogens is 2. The molecule has 0 spiro atoms. The quantitative estimate of drug-likeness (QED) is 0.758. The predicted octanol–water partition coefficient (Wildman–Crippen LogP) is 1.64. The van der Waals surface area contributed by atoms with Crippen molar-refractivity contribution in [1.82, 2.24) is 10.2 Å². The zero-order chi connectivity index (χ0) is 15.8. The van der Waals surface area contributed by atoms with Crippen molar-refractivity contribution in [1.29, 1.82) is 0 Å². The Morgan fingerprint density at radius 1 is 1.33 bits per heavy atom. The van der Waals surface area contributed by atoms with Crippen molar-refractivity contribution in [3.05, 3.63) is 5.01 Å². The summed E-state index contributed by atoms with van der Waals surface area (Å²) in [6.45, 7) is 5.28. The van der Waals surface area contributed by atoms with Crippen LogP contribution >= 0.6 is 23.1 Å². The van der Waals surface area contributed by atoms with Crippen LogP contribution in [0.2, 0.25) is 0 Å². The molecule has 1 unspecified atom stereocenters. The summed E-state index contributed by atoms with van der Waals surface area (Å²) in [6.07, 6.45) is 0.561. The maximum Gasteiger partial charge on any atom is 0.312 e. The summed E-state index contributed by atoms with van der Waals surface area (Å²) in [5, 5.41) is 10.4. The predicted molar refractivity (Wildman–Crippen MR) is 81.2 cm³/mol. The number of nitrogens with zero attached hydrogens (tertiary/aromatic N) is 2. The van der Waals surface area contributed by atoms with Gasteiger partial charge in [-0.1, -0.05) is 30.0 Å². The van der Waals surface area contributed by atoms with Gasteiger partial charge in [-0.25, -0.2) is 0 Å². The van der Waals surface area contributed by atoms with E-state index in [9.17, 15) is 14.4 Å². The zero-order valence-corrected chi connectivity index (χ0v) is 13.7. The summed E-state index contributed by atoms with van der Waals surface area (Å²) in [4.78, 5) is 34.3. The molecule has 1 aromatic heterocycles. The van der Waals surface area contributed by atoms with Crippen molar-refractivity contribution in [3.8, 4) is 0 Å². The van der Waals surface area contributed by atoms with Gasteiger partial charge in [0.05, 0.1) is 18.3 Å². The van der Waals surface area contributed by atoms with E-state index < -0.39 is 5.25 Å². The van der Waals surface area contributed by atoms with Crippen LogP contribution in [0.25, 0.3) is 0 Å². The first-order chi connectivity index (χ1) is 9.96. The third-order valence-corrected chi connectivity index (χ3v) is 4.27. The minimum absolute atomic E-state index is 0.0286. The lowest BCUT2D eigenvalue weighted by Gasteiger charge is -2.10. The first-order valence-electron chi connectivity index (χ1n) is 6.42. The lowest BCUT2D eigenvalue weighted by atomic mass is 10.3. The average Bonchev–Trinajstić information content (AvgIpc) is 2.82. The number of esters is 1. The third kappa shape index (κ3) is 6.21. The molecule has 7 nitrogen and oxygen atoms in total. The van der Waals surface area contributed by atoms with Gasteiger partial charge in [-0.3, -0.25) is 19.7 Å². The Morgan fingerprint density at radius 3 is 2.62 bits per heavy atom. The molecule has 0 saturated carbocycles. The summed E-state index contributed by atoms with van der Waals surface area (Å²) in [5.74, 6) is -0.679. The van der Waals surface area contributed by atoms with Crippen LogP contribution in [0.1, 0.15) is 32.2 Å². The van der Waals surface area contributed by atoms with E-state index in [1.54, 1.807) is 6.92 Å². The molecule has 1 atom stereocenters. The van der Waals surface area contributed by atoms with Crippen LogP contribution in [-0.4, -0.2) is 39.0 Å². The number of thioether (sulfide) groups is 1. The molecule has 1 N–H and O–H groups in total. The Hall–Kier alpha value is -1.48. The van der Waals surface area contributed by atoms with Crippen molar-refractivity contribution in [2.45, 2.75) is 38.9 Å². The molecule has 0 radical (unpaired) electrons. The number of ether oxygens (including phenoxy) is 1. The maximum atomic E-state index is 12.0. The largest absolute Gasteiger partial charge is 0.466 e. The number of carbonyl (C=O) groups is 3. The minimum atomic E-state index is -0.458. The van der Waals surface area contributed by atoms with Crippen molar-refractivity contribution < 1.29 is 19.1 Å². The van der Waals surface area contributed by atoms with Gasteiger partial charge in [-0.05, 0) is 13.3 Å². The second-order valence-electron chi connectivity index (χ2n) is 3.98. The van der Waals surface area contributed by atoms with Crippen LogP contribution < -0.4 is 5.32 Å². The Morgan fingerprint density at radius 2 is 2.05 bits per heavy atom. The second-order valence-corrected chi connectivity index (χ2v) is 6.42. The van der Waals surface area contributed by atoms with Crippen LogP contribution in [0.5, 0.6) is 0 Å². The molecular formula is C12H17N3O4S2. The lowest BCUT2D eigenvalue weighted by Crippen LogP contribution is -2.25. The fraction of sp³-hybridized carbons (Fsp3) is 0.583. The monoisotopic (exact) mass is 331 g/mol. The molecule has 0 aliphatic rings. The van der Waals surface area contributed by atoms with Crippen LogP contribution in [-0.2, 0) is 25.5 Å². The van der Waals surface area contributed by atoms with E-state index in [4.69, 9.17) is 4.74 Å². The van der Waals surface area contributed by atoms with E-state index in [1.165, 1.54) is 6.92 Å². The van der Waals surface area contributed by atoms with Gasteiger partial charge in [0.25, 0.3) is 0 Å². The summed E-state index contributed by atoms with van der Waals surface area (Å²) in [7, 11) is 0. The van der Waals surface area contributed by atoms with E-state index in [0.717, 1.165) is 23.1 Å². The molecular weight excluding hydrogens is 314 g/mol. The maximum absolute atomic E-state index is 12.0. The molecule has 0 aliphatic heterocycles. The Labute approximate surface area is 130 Å². The van der Waals surface area contributed by atoms with Gasteiger partial charge in [-0.2, -0.15) is 0 Å². The molecule has 1 rings (SSSR count). The number of hydrogen-bond donors (Lipinski definition) is 1. The first kappa shape index (κ1) is 17.6. The van der Waals surface area contributed by atoms with Gasteiger partial charge < -0.3 is 4.74 Å². The van der Waals surface area contributed by atoms with E-state index in [-0.39, 0.29) is 23.4 Å². The Balaban J connectivity index is 2.59. The Kier molecular flexibility index (Phi) is 7.30. The number of carbonyl (C=O) groups excluding carboxylic acids is 3. The number of amides is 1. The number of nitrogens with one attached hydrogen (secondary N) is 1. The van der Waals surface area contributed by atoms with Crippen LogP contribution in [0.4, 0.5) is 5.13 Å². The van der Waals surface area contributed by atoms with E-state index in [1.807, 2.05) is 6.92 Å². The van der Waals surface area contributed by atoms with Crippen LogP contribution in [0.3, 0.4) is 0 Å². The molecule has 0 saturated heterocycles. The van der Waals surface area contributed by atoms with E-state index in [2.05, 4.69) is 15.5 Å². The molecule has 1 aromatic rings. The van der Waals surface area contributed by atoms with Gasteiger partial charge in [0, 0.05) is 6.92 Å². The highest BCUT2D eigenvalue weighted by Crippen LogP contribution is 2.20. The molecule has 9 heteroatoms. The SMILES string of the molecule is CCOC(=O)Cc1nnc(NC(=O)C(CC)SC(C)=O)s1. The topological polar surface area (TPSA) is 98.2 Å². The van der Waals surface area contributed by atoms with Crippen molar-refractivity contribution >= 4 is 45.2 Å². The average molecular weight is 331 g/mol. The fourth-order valence-electron chi connectivity index (χ4n) is 1.42. The van der Waals surface area contributed by atoms with Gasteiger partial charge in [0.1, 0.15) is 5.01 Å². The molecule has 0 aliphatic carbocycles. The van der Waals surface area contributed by atoms with Gasteiger partial charge in [-0.15, -0.1) is 10.2 Å². The summed E-state index contributed by atoms with van der Waals surface area (Å²) in [6, 6.07) is 0. The zero-order valence-electron chi connectivity index (χ0n) is 12.0. The van der Waals surface area contributed by atoms with E-state index >= 15 is 0 Å². The van der Waals surface area contributed by atoms with Crippen LogP contribution in [0.15, 0.2) is 0 Å². The van der Waals surface area contributed by atoms with Gasteiger partial charge in [0.15, 0.2) is 5.12 Å². The first-order valence-corrected chi connectivity index (χ1v) is 8.11. The highest BCUT2D eigenvalue weighted by Gasteiger charge is 2.21. The van der Waals surface area contributed by atoms with Crippen molar-refractivity contribution in [3.63, 3.8) is 0 Å².